The van der Waals surface area contributed by atoms with Crippen LogP contribution in [0, 0.1) is 5.92 Å². The summed E-state index contributed by atoms with van der Waals surface area (Å²) in [5.41, 5.74) is 2.39. The fourth-order valence-corrected chi connectivity index (χ4v) is 1.90. The van der Waals surface area contributed by atoms with Crippen molar-refractivity contribution in [1.29, 1.82) is 0 Å². The molecule has 0 saturated heterocycles. The molecule has 1 fully saturated rings. The number of anilines is 2. The van der Waals surface area contributed by atoms with Gasteiger partial charge in [-0.15, -0.1) is 0 Å². The fourth-order valence-electron chi connectivity index (χ4n) is 1.75. The predicted octanol–water partition coefficient (Wildman–Crippen LogP) is 1.63. The summed E-state index contributed by atoms with van der Waals surface area (Å²) in [5.74, 6) is 7.03. The Hall–Kier alpha value is -1.07. The molecular formula is C9H14ClN5. The summed E-state index contributed by atoms with van der Waals surface area (Å²) in [4.78, 5) is 8.05. The molecule has 0 bridgehead atoms. The Bertz CT molecular complexity index is 350. The van der Waals surface area contributed by atoms with Crippen molar-refractivity contribution >= 4 is 23.4 Å². The van der Waals surface area contributed by atoms with Crippen LogP contribution in [0.4, 0.5) is 11.8 Å². The largest absolute Gasteiger partial charge is 0.366 e. The van der Waals surface area contributed by atoms with Crippen LogP contribution < -0.4 is 16.6 Å². The molecule has 0 spiro atoms. The Morgan fingerprint density at radius 1 is 1.53 bits per heavy atom. The van der Waals surface area contributed by atoms with Gasteiger partial charge in [0.15, 0.2) is 5.82 Å². The number of aromatic nitrogens is 2. The lowest BCUT2D eigenvalue weighted by molar-refractivity contribution is 0.308. The van der Waals surface area contributed by atoms with Crippen LogP contribution in [0.3, 0.4) is 0 Å². The van der Waals surface area contributed by atoms with Gasteiger partial charge >= 0.3 is 0 Å². The molecule has 82 valence electrons. The van der Waals surface area contributed by atoms with Crippen LogP contribution in [0.25, 0.3) is 0 Å². The first kappa shape index (κ1) is 10.4. The average molecular weight is 228 g/mol. The molecule has 0 radical (unpaired) electrons. The maximum atomic E-state index is 5.96. The summed E-state index contributed by atoms with van der Waals surface area (Å²) in [6, 6.07) is 0.470. The van der Waals surface area contributed by atoms with Crippen LogP contribution in [0.5, 0.6) is 0 Å². The molecule has 5 nitrogen and oxygen atoms in total. The summed E-state index contributed by atoms with van der Waals surface area (Å²) in [6.07, 6.45) is 3.85. The number of nitrogen functional groups attached to an aromatic ring is 1. The second-order valence-corrected chi connectivity index (χ2v) is 4.36. The summed E-state index contributed by atoms with van der Waals surface area (Å²) >= 11 is 5.96. The zero-order chi connectivity index (χ0) is 10.8. The highest BCUT2D eigenvalue weighted by atomic mass is 35.5. The second-order valence-electron chi connectivity index (χ2n) is 3.95. The van der Waals surface area contributed by atoms with Crippen molar-refractivity contribution in [3.05, 3.63) is 11.2 Å². The topological polar surface area (TPSA) is 75.9 Å². The molecule has 4 N–H and O–H groups in total. The van der Waals surface area contributed by atoms with E-state index in [2.05, 4.69) is 27.6 Å². The Morgan fingerprint density at radius 2 is 2.27 bits per heavy atom. The first-order valence-electron chi connectivity index (χ1n) is 4.94. The van der Waals surface area contributed by atoms with E-state index in [0.29, 0.717) is 22.8 Å². The van der Waals surface area contributed by atoms with Crippen molar-refractivity contribution in [2.24, 2.45) is 11.8 Å². The van der Waals surface area contributed by atoms with E-state index in [1.54, 1.807) is 0 Å². The maximum absolute atomic E-state index is 5.96. The standard InChI is InChI=1S/C9H14ClN5/c1-5-2-6(3-5)13-8-7(10)4-12-9(14-8)15-11/h4-6H,2-3,11H2,1H3,(H2,12,13,14,15). The average Bonchev–Trinajstić information content (AvgIpc) is 2.19. The minimum absolute atomic E-state index is 0.370. The molecule has 0 aromatic carbocycles. The molecule has 0 amide bonds. The Kier molecular flexibility index (Phi) is 2.93. The molecule has 2 rings (SSSR count). The molecule has 1 aliphatic carbocycles. The van der Waals surface area contributed by atoms with Gasteiger partial charge < -0.3 is 5.32 Å². The van der Waals surface area contributed by atoms with Crippen molar-refractivity contribution in [2.45, 2.75) is 25.8 Å². The number of hydrogen-bond donors (Lipinski definition) is 3. The molecule has 0 aliphatic heterocycles. The number of nitrogens with two attached hydrogens (primary N) is 1. The van der Waals surface area contributed by atoms with Crippen LogP contribution in [0.1, 0.15) is 19.8 Å². The van der Waals surface area contributed by atoms with Crippen LogP contribution in [0.15, 0.2) is 6.20 Å². The van der Waals surface area contributed by atoms with E-state index in [0.717, 1.165) is 18.8 Å². The molecular weight excluding hydrogens is 214 g/mol. The fraction of sp³-hybridized carbons (Fsp3) is 0.556. The van der Waals surface area contributed by atoms with E-state index in [9.17, 15) is 0 Å². The van der Waals surface area contributed by atoms with Crippen LogP contribution in [0.2, 0.25) is 5.02 Å². The van der Waals surface area contributed by atoms with Gasteiger partial charge in [-0.2, -0.15) is 4.98 Å². The maximum Gasteiger partial charge on any atom is 0.239 e. The normalized spacial score (nSPS) is 24.5. The van der Waals surface area contributed by atoms with Gasteiger partial charge in [-0.3, -0.25) is 5.43 Å². The highest BCUT2D eigenvalue weighted by Crippen LogP contribution is 2.30. The van der Waals surface area contributed by atoms with E-state index in [1.807, 2.05) is 0 Å². The lowest BCUT2D eigenvalue weighted by Gasteiger charge is -2.33. The van der Waals surface area contributed by atoms with Crippen LogP contribution in [-0.4, -0.2) is 16.0 Å². The van der Waals surface area contributed by atoms with Crippen molar-refractivity contribution < 1.29 is 0 Å². The third kappa shape index (κ3) is 2.30. The van der Waals surface area contributed by atoms with Gasteiger partial charge in [0.2, 0.25) is 5.95 Å². The van der Waals surface area contributed by atoms with Gasteiger partial charge in [0.1, 0.15) is 5.02 Å². The molecule has 0 atom stereocenters. The monoisotopic (exact) mass is 227 g/mol. The SMILES string of the molecule is CC1CC(Nc2nc(NN)ncc2Cl)C1. The summed E-state index contributed by atoms with van der Waals surface area (Å²) < 4.78 is 0. The highest BCUT2D eigenvalue weighted by Gasteiger charge is 2.26. The number of nitrogens with one attached hydrogen (secondary N) is 2. The third-order valence-electron chi connectivity index (χ3n) is 2.59. The van der Waals surface area contributed by atoms with E-state index < -0.39 is 0 Å². The molecule has 1 saturated carbocycles. The molecule has 1 aromatic rings. The second kappa shape index (κ2) is 4.20. The van der Waals surface area contributed by atoms with Gasteiger partial charge in [0, 0.05) is 6.04 Å². The van der Waals surface area contributed by atoms with Crippen molar-refractivity contribution in [2.75, 3.05) is 10.7 Å². The summed E-state index contributed by atoms with van der Waals surface area (Å²) in [7, 11) is 0. The third-order valence-corrected chi connectivity index (χ3v) is 2.86. The molecule has 15 heavy (non-hydrogen) atoms. The van der Waals surface area contributed by atoms with Crippen molar-refractivity contribution in [3.8, 4) is 0 Å². The van der Waals surface area contributed by atoms with Crippen LogP contribution >= 0.6 is 11.6 Å². The predicted molar refractivity (Wildman–Crippen MR) is 60.7 cm³/mol. The van der Waals surface area contributed by atoms with Gasteiger partial charge in [0.05, 0.1) is 6.20 Å². The van der Waals surface area contributed by atoms with Crippen molar-refractivity contribution in [3.63, 3.8) is 0 Å². The number of halogens is 1. The minimum atomic E-state index is 0.370. The number of hydrogen-bond acceptors (Lipinski definition) is 5. The Labute approximate surface area is 93.4 Å². The minimum Gasteiger partial charge on any atom is -0.366 e. The van der Waals surface area contributed by atoms with Gasteiger partial charge in [-0.05, 0) is 18.8 Å². The smallest absolute Gasteiger partial charge is 0.239 e. The van der Waals surface area contributed by atoms with Gasteiger partial charge in [0.25, 0.3) is 0 Å². The number of rotatable bonds is 3. The number of hydrazine groups is 1. The first-order valence-corrected chi connectivity index (χ1v) is 5.32. The van der Waals surface area contributed by atoms with Crippen molar-refractivity contribution in [1.82, 2.24) is 9.97 Å². The molecule has 1 aromatic heterocycles. The molecule has 6 heteroatoms. The summed E-state index contributed by atoms with van der Waals surface area (Å²) in [6.45, 7) is 2.23. The quantitative estimate of drug-likeness (QED) is 0.541. The lowest BCUT2D eigenvalue weighted by Crippen LogP contribution is -2.34. The molecule has 0 unspecified atom stereocenters. The summed E-state index contributed by atoms with van der Waals surface area (Å²) in [5, 5.41) is 3.79. The molecule has 1 heterocycles. The van der Waals surface area contributed by atoms with E-state index in [-0.39, 0.29) is 0 Å². The Balaban J connectivity index is 2.06. The number of nitrogens with zero attached hydrogens (tertiary/aromatic N) is 2. The first-order chi connectivity index (χ1) is 7.19. The van der Waals surface area contributed by atoms with E-state index >= 15 is 0 Å². The lowest BCUT2D eigenvalue weighted by atomic mass is 9.82. The van der Waals surface area contributed by atoms with E-state index in [1.165, 1.54) is 6.20 Å². The highest BCUT2D eigenvalue weighted by molar-refractivity contribution is 6.32. The van der Waals surface area contributed by atoms with Gasteiger partial charge in [-0.25, -0.2) is 10.8 Å². The zero-order valence-electron chi connectivity index (χ0n) is 8.50. The van der Waals surface area contributed by atoms with E-state index in [4.69, 9.17) is 17.4 Å². The van der Waals surface area contributed by atoms with Crippen LogP contribution in [-0.2, 0) is 0 Å². The molecule has 1 aliphatic rings. The zero-order valence-corrected chi connectivity index (χ0v) is 9.25. The Morgan fingerprint density at radius 3 is 2.87 bits per heavy atom. The van der Waals surface area contributed by atoms with Gasteiger partial charge in [-0.1, -0.05) is 18.5 Å².